The van der Waals surface area contributed by atoms with Crippen LogP contribution in [0.4, 0.5) is 5.69 Å². The Bertz CT molecular complexity index is 992. The molecule has 126 valence electrons. The van der Waals surface area contributed by atoms with Crippen LogP contribution < -0.4 is 15.5 Å². The van der Waals surface area contributed by atoms with E-state index in [0.717, 1.165) is 22.3 Å². The molecule has 0 bridgehead atoms. The molecule has 1 atom stereocenters. The predicted molar refractivity (Wildman–Crippen MR) is 99.3 cm³/mol. The number of halogens is 1. The summed E-state index contributed by atoms with van der Waals surface area (Å²) in [7, 11) is 0. The molecular weight excluding hydrogens is 368 g/mol. The fourth-order valence-electron chi connectivity index (χ4n) is 2.14. The third-order valence-corrected chi connectivity index (χ3v) is 3.94. The van der Waals surface area contributed by atoms with Gasteiger partial charge < -0.3 is 15.5 Å². The minimum absolute atomic E-state index is 0.155. The Morgan fingerprint density at radius 3 is 2.75 bits per heavy atom. The van der Waals surface area contributed by atoms with Crippen molar-refractivity contribution >= 4 is 27.5 Å². The molecule has 1 fully saturated rings. The van der Waals surface area contributed by atoms with Crippen LogP contribution in [0.2, 0.25) is 0 Å². The highest BCUT2D eigenvalue weighted by Gasteiger charge is 2.16. The average Bonchev–Trinajstić information content (AvgIpc) is 2.66. The lowest BCUT2D eigenvalue weighted by molar-refractivity contribution is 0.0935. The van der Waals surface area contributed by atoms with Crippen LogP contribution in [0.3, 0.4) is 0 Å². The van der Waals surface area contributed by atoms with Gasteiger partial charge in [-0.2, -0.15) is 0 Å². The molecule has 1 amide bonds. The van der Waals surface area contributed by atoms with Crippen LogP contribution in [0.15, 0.2) is 47.1 Å². The second-order valence-corrected chi connectivity index (χ2v) is 6.00. The lowest BCUT2D eigenvalue weighted by Gasteiger charge is -2.29. The first kappa shape index (κ1) is 9.53. The van der Waals surface area contributed by atoms with Crippen molar-refractivity contribution in [3.05, 3.63) is 58.3 Å². The van der Waals surface area contributed by atoms with Gasteiger partial charge >= 0.3 is 0 Å². The summed E-state index contributed by atoms with van der Waals surface area (Å²) in [5.41, 5.74) is 0.442. The van der Waals surface area contributed by atoms with E-state index in [0.29, 0.717) is 4.90 Å². The van der Waals surface area contributed by atoms with Gasteiger partial charge in [-0.1, -0.05) is 28.1 Å². The van der Waals surface area contributed by atoms with E-state index in [1.807, 2.05) is 24.3 Å². The van der Waals surface area contributed by atoms with Crippen molar-refractivity contribution < 1.29 is 15.8 Å². The Morgan fingerprint density at radius 1 is 1.33 bits per heavy atom. The summed E-state index contributed by atoms with van der Waals surface area (Å²) in [4.78, 5) is 17.1. The minimum Gasteiger partial charge on any atom is -0.369 e. The van der Waals surface area contributed by atoms with E-state index in [1.54, 1.807) is 12.2 Å². The van der Waals surface area contributed by atoms with E-state index >= 15 is 0 Å². The summed E-state index contributed by atoms with van der Waals surface area (Å²) < 4.78 is 65.3. The van der Waals surface area contributed by atoms with E-state index < -0.39 is 31.9 Å². The van der Waals surface area contributed by atoms with Crippen molar-refractivity contribution in [2.45, 2.75) is 13.0 Å². The Balaban J connectivity index is 1.94. The smallest absolute Gasteiger partial charge is 0.270 e. The number of hydrogen-bond donors (Lipinski definition) is 2. The largest absolute Gasteiger partial charge is 0.369 e. The Labute approximate surface area is 161 Å². The maximum atomic E-state index is 12.8. The number of nitrogens with zero attached hydrogens (tertiary/aromatic N) is 2. The van der Waals surface area contributed by atoms with E-state index in [9.17, 15) is 4.79 Å². The second-order valence-electron chi connectivity index (χ2n) is 5.08. The number of carbonyl (C=O) groups excluding carboxylic acids is 1. The van der Waals surface area contributed by atoms with E-state index in [1.165, 1.54) is 6.07 Å². The Hall–Kier alpha value is -1.92. The number of anilines is 1. The molecule has 3 rings (SSSR count). The molecule has 6 heteroatoms. The third kappa shape index (κ3) is 4.13. The number of hydrogen-bond acceptors (Lipinski definition) is 4. The van der Waals surface area contributed by atoms with Crippen molar-refractivity contribution in [2.24, 2.45) is 0 Å². The minimum atomic E-state index is -3.00. The van der Waals surface area contributed by atoms with Crippen LogP contribution >= 0.6 is 15.9 Å². The molecule has 1 saturated heterocycles. The fourth-order valence-corrected chi connectivity index (χ4v) is 2.41. The summed E-state index contributed by atoms with van der Waals surface area (Å²) in [6.45, 7) is -10.1. The molecule has 1 aromatic carbocycles. The summed E-state index contributed by atoms with van der Waals surface area (Å²) in [6, 6.07) is 9.22. The number of rotatable bonds is 4. The molecule has 2 N–H and O–H groups in total. The predicted octanol–water partition coefficient (Wildman–Crippen LogP) is 2.74. The summed E-state index contributed by atoms with van der Waals surface area (Å²) in [5, 5.41) is 4.53. The number of nitrogens with one attached hydrogen (secondary N) is 2. The summed E-state index contributed by atoms with van der Waals surface area (Å²) in [5.74, 6) is -0.607. The topological polar surface area (TPSA) is 57.3 Å². The van der Waals surface area contributed by atoms with Gasteiger partial charge in [0, 0.05) is 47.8 Å². The number of aromatic nitrogens is 1. The zero-order valence-electron chi connectivity index (χ0n) is 20.8. The summed E-state index contributed by atoms with van der Waals surface area (Å²) in [6.07, 6.45) is 1.16. The van der Waals surface area contributed by atoms with Gasteiger partial charge in [0.25, 0.3) is 5.91 Å². The van der Waals surface area contributed by atoms with Crippen LogP contribution in [0.25, 0.3) is 0 Å². The number of carbonyl (C=O) groups is 1. The average molecular weight is 397 g/mol. The molecular formula is C18H21BrN4O. The Morgan fingerprint density at radius 2 is 2.04 bits per heavy atom. The molecule has 0 spiro atoms. The molecule has 1 aliphatic heterocycles. The number of benzene rings is 1. The van der Waals surface area contributed by atoms with E-state index in [4.69, 9.17) is 11.0 Å². The number of pyridine rings is 1. The highest BCUT2D eigenvalue weighted by molar-refractivity contribution is 9.10. The first-order chi connectivity index (χ1) is 14.6. The van der Waals surface area contributed by atoms with Gasteiger partial charge in [-0.25, -0.2) is 0 Å². The van der Waals surface area contributed by atoms with Crippen LogP contribution in [0, 0.1) is 0 Å². The van der Waals surface area contributed by atoms with Crippen LogP contribution in [-0.4, -0.2) is 36.9 Å². The maximum Gasteiger partial charge on any atom is 0.270 e. The van der Waals surface area contributed by atoms with Gasteiger partial charge in [-0.3, -0.25) is 9.78 Å². The quantitative estimate of drug-likeness (QED) is 0.833. The molecule has 2 aromatic rings. The monoisotopic (exact) mass is 396 g/mol. The first-order valence-corrected chi connectivity index (χ1v) is 8.01. The van der Waals surface area contributed by atoms with Gasteiger partial charge in [-0.05, 0) is 36.8 Å². The van der Waals surface area contributed by atoms with Crippen molar-refractivity contribution in [1.82, 2.24) is 15.6 Å². The highest BCUT2D eigenvalue weighted by Crippen LogP contribution is 2.18. The molecule has 24 heavy (non-hydrogen) atoms. The van der Waals surface area contributed by atoms with E-state index in [-0.39, 0.29) is 17.4 Å². The third-order valence-electron chi connectivity index (χ3n) is 3.41. The SMILES string of the molecule is [2H]C1([2H])NC([2H])([2H])C([2H])([2H])N(c2ccnc(C(=O)N[C@H](C)c3ccc(Br)cc3)c2)C1([2H])[2H]. The Kier molecular flexibility index (Phi) is 3.09. The van der Waals surface area contributed by atoms with Crippen molar-refractivity contribution in [1.29, 1.82) is 0 Å². The van der Waals surface area contributed by atoms with Crippen LogP contribution in [-0.2, 0) is 0 Å². The van der Waals surface area contributed by atoms with Crippen LogP contribution in [0.5, 0.6) is 0 Å². The molecule has 0 saturated carbocycles. The zero-order valence-corrected chi connectivity index (χ0v) is 14.4. The maximum absolute atomic E-state index is 12.8. The highest BCUT2D eigenvalue weighted by atomic mass is 79.9. The van der Waals surface area contributed by atoms with Crippen molar-refractivity contribution in [3.63, 3.8) is 0 Å². The van der Waals surface area contributed by atoms with Crippen LogP contribution in [0.1, 0.15) is 40.0 Å². The number of amides is 1. The first-order valence-electron chi connectivity index (χ1n) is 11.2. The molecule has 1 aliphatic rings. The van der Waals surface area contributed by atoms with Crippen molar-refractivity contribution in [3.8, 4) is 0 Å². The van der Waals surface area contributed by atoms with Gasteiger partial charge in [0.15, 0.2) is 0 Å². The second kappa shape index (κ2) is 7.77. The van der Waals surface area contributed by atoms with Gasteiger partial charge in [0.05, 0.1) is 11.5 Å². The lowest BCUT2D eigenvalue weighted by atomic mass is 10.1. The summed E-state index contributed by atoms with van der Waals surface area (Å²) >= 11 is 3.34. The van der Waals surface area contributed by atoms with Crippen molar-refractivity contribution in [2.75, 3.05) is 30.9 Å². The fraction of sp³-hybridized carbons (Fsp3) is 0.333. The molecule has 0 radical (unpaired) electrons. The molecule has 0 unspecified atom stereocenters. The standard InChI is InChI=1S/C18H21BrN4O/c1-13(14-2-4-15(19)5-3-14)22-18(24)17-12-16(6-7-21-17)23-10-8-20-9-11-23/h2-7,12-13,20H,8-11H2,1H3,(H,22,24)/t13-/m1/s1/i8D2,9D2,10D2,11D2. The zero-order chi connectivity index (χ0) is 24.1. The van der Waals surface area contributed by atoms with E-state index in [2.05, 4.69) is 26.2 Å². The normalized spacial score (nSPS) is 29.2. The molecule has 5 nitrogen and oxygen atoms in total. The number of piperazine rings is 1. The van der Waals surface area contributed by atoms with Gasteiger partial charge in [-0.15, -0.1) is 0 Å². The molecule has 0 aliphatic carbocycles. The van der Waals surface area contributed by atoms with Gasteiger partial charge in [0.2, 0.25) is 0 Å². The van der Waals surface area contributed by atoms with Gasteiger partial charge in [0.1, 0.15) is 5.69 Å². The molecule has 2 heterocycles. The molecule has 1 aromatic heterocycles. The lowest BCUT2D eigenvalue weighted by Crippen LogP contribution is -2.43.